The van der Waals surface area contributed by atoms with Gasteiger partial charge in [0.05, 0.1) is 30.4 Å². The second-order valence-electron chi connectivity index (χ2n) is 6.43. The maximum Gasteiger partial charge on any atom is 0.258 e. The molecule has 1 N–H and O–H groups in total. The number of rotatable bonds is 2. The summed E-state index contributed by atoms with van der Waals surface area (Å²) in [5.74, 6) is 0.937. The van der Waals surface area contributed by atoms with Gasteiger partial charge in [-0.25, -0.2) is 4.52 Å². The van der Waals surface area contributed by atoms with Crippen LogP contribution in [0.2, 0.25) is 0 Å². The van der Waals surface area contributed by atoms with E-state index in [0.717, 1.165) is 11.4 Å². The third-order valence-corrected chi connectivity index (χ3v) is 4.77. The van der Waals surface area contributed by atoms with Gasteiger partial charge >= 0.3 is 0 Å². The fraction of sp³-hybridized carbons (Fsp3) is 0.353. The van der Waals surface area contributed by atoms with Crippen LogP contribution in [-0.4, -0.2) is 54.2 Å². The van der Waals surface area contributed by atoms with Gasteiger partial charge in [-0.15, -0.1) is 10.2 Å². The van der Waals surface area contributed by atoms with Gasteiger partial charge < -0.3 is 14.8 Å². The Hall–Kier alpha value is -3.23. The van der Waals surface area contributed by atoms with Crippen LogP contribution in [0.3, 0.4) is 0 Å². The van der Waals surface area contributed by atoms with Crippen LogP contribution in [0.25, 0.3) is 5.52 Å². The lowest BCUT2D eigenvalue weighted by atomic mass is 10.1. The molecule has 0 radical (unpaired) electrons. The molecular weight excluding hydrogens is 334 g/mol. The second kappa shape index (κ2) is 5.94. The number of pyridine rings is 1. The normalized spacial score (nSPS) is 16.6. The van der Waals surface area contributed by atoms with Crippen molar-refractivity contribution >= 4 is 17.3 Å². The van der Waals surface area contributed by atoms with E-state index < -0.39 is 6.04 Å². The van der Waals surface area contributed by atoms with Crippen molar-refractivity contribution in [2.75, 3.05) is 7.05 Å². The Balaban J connectivity index is 1.77. The van der Waals surface area contributed by atoms with Gasteiger partial charge in [0.2, 0.25) is 5.91 Å². The van der Waals surface area contributed by atoms with Crippen molar-refractivity contribution < 1.29 is 9.59 Å². The van der Waals surface area contributed by atoms with Crippen molar-refractivity contribution in [3.63, 3.8) is 0 Å². The lowest BCUT2D eigenvalue weighted by molar-refractivity contribution is -0.126. The highest BCUT2D eigenvalue weighted by Gasteiger charge is 2.37. The SMILES string of the molecule is CNC(=O)C1Cn2c(C)nnc2CN1C(=O)c1cnn2ccc(C)cc12. The Morgan fingerprint density at radius 2 is 2.08 bits per heavy atom. The van der Waals surface area contributed by atoms with Gasteiger partial charge in [0.1, 0.15) is 11.9 Å². The first-order valence-corrected chi connectivity index (χ1v) is 8.35. The van der Waals surface area contributed by atoms with E-state index >= 15 is 0 Å². The first-order chi connectivity index (χ1) is 12.5. The van der Waals surface area contributed by atoms with Gasteiger partial charge in [0.25, 0.3) is 5.91 Å². The van der Waals surface area contributed by atoms with E-state index in [1.807, 2.05) is 36.7 Å². The van der Waals surface area contributed by atoms with Crippen molar-refractivity contribution in [3.8, 4) is 0 Å². The minimum Gasteiger partial charge on any atom is -0.357 e. The van der Waals surface area contributed by atoms with E-state index in [1.165, 1.54) is 0 Å². The van der Waals surface area contributed by atoms with E-state index in [2.05, 4.69) is 20.6 Å². The molecule has 1 unspecified atom stereocenters. The zero-order valence-corrected chi connectivity index (χ0v) is 14.8. The molecular formula is C17H19N7O2. The first-order valence-electron chi connectivity index (χ1n) is 8.35. The van der Waals surface area contributed by atoms with Gasteiger partial charge in [-0.1, -0.05) is 0 Å². The molecule has 3 aromatic rings. The minimum absolute atomic E-state index is 0.218. The number of carbonyl (C=O) groups is 2. The van der Waals surface area contributed by atoms with Gasteiger partial charge in [-0.05, 0) is 31.5 Å². The number of fused-ring (bicyclic) bond motifs is 2. The van der Waals surface area contributed by atoms with E-state index in [9.17, 15) is 9.59 Å². The summed E-state index contributed by atoms with van der Waals surface area (Å²) in [6.07, 6.45) is 3.36. The van der Waals surface area contributed by atoms with Gasteiger partial charge in [-0.3, -0.25) is 9.59 Å². The van der Waals surface area contributed by atoms with Crippen LogP contribution in [0, 0.1) is 13.8 Å². The van der Waals surface area contributed by atoms with Crippen LogP contribution < -0.4 is 5.32 Å². The standard InChI is InChI=1S/C17H19N7O2/c1-10-4-5-24-13(6-10)12(7-19-24)17(26)23-9-15-21-20-11(2)22(15)8-14(23)16(25)18-3/h4-7,14H,8-9H2,1-3H3,(H,18,25). The van der Waals surface area contributed by atoms with Crippen LogP contribution in [0.5, 0.6) is 0 Å². The average molecular weight is 353 g/mol. The summed E-state index contributed by atoms with van der Waals surface area (Å²) in [6, 6.07) is 3.20. The Labute approximate surface area is 149 Å². The molecule has 0 saturated carbocycles. The summed E-state index contributed by atoms with van der Waals surface area (Å²) in [6.45, 7) is 4.35. The van der Waals surface area contributed by atoms with Crippen LogP contribution in [-0.2, 0) is 17.9 Å². The maximum absolute atomic E-state index is 13.3. The molecule has 26 heavy (non-hydrogen) atoms. The first kappa shape index (κ1) is 16.2. The molecule has 1 aliphatic rings. The summed E-state index contributed by atoms with van der Waals surface area (Å²) in [5.41, 5.74) is 2.21. The molecule has 0 aromatic carbocycles. The van der Waals surface area contributed by atoms with Crippen molar-refractivity contribution in [2.24, 2.45) is 0 Å². The van der Waals surface area contributed by atoms with E-state index in [-0.39, 0.29) is 18.4 Å². The highest BCUT2D eigenvalue weighted by Crippen LogP contribution is 2.22. The number of likely N-dealkylation sites (N-methyl/N-ethyl adjacent to an activating group) is 1. The monoisotopic (exact) mass is 353 g/mol. The number of nitrogens with zero attached hydrogens (tertiary/aromatic N) is 6. The van der Waals surface area contributed by atoms with Crippen molar-refractivity contribution in [1.29, 1.82) is 0 Å². The zero-order valence-electron chi connectivity index (χ0n) is 14.8. The molecule has 0 saturated heterocycles. The van der Waals surface area contributed by atoms with Gasteiger partial charge in [0, 0.05) is 13.2 Å². The average Bonchev–Trinajstić information content (AvgIpc) is 3.22. The van der Waals surface area contributed by atoms with Gasteiger partial charge in [0.15, 0.2) is 5.82 Å². The Bertz CT molecular complexity index is 1020. The molecule has 0 spiro atoms. The lowest BCUT2D eigenvalue weighted by Crippen LogP contribution is -2.53. The molecule has 9 nitrogen and oxygen atoms in total. The number of aromatic nitrogens is 5. The third kappa shape index (κ3) is 2.43. The molecule has 1 aliphatic heterocycles. The van der Waals surface area contributed by atoms with E-state index in [1.54, 1.807) is 22.7 Å². The summed E-state index contributed by atoms with van der Waals surface area (Å²) in [7, 11) is 1.57. The smallest absolute Gasteiger partial charge is 0.258 e. The predicted octanol–water partition coefficient (Wildman–Crippen LogP) is 0.313. The van der Waals surface area contributed by atoms with Crippen LogP contribution in [0.4, 0.5) is 0 Å². The largest absolute Gasteiger partial charge is 0.357 e. The van der Waals surface area contributed by atoms with Crippen LogP contribution in [0.15, 0.2) is 24.5 Å². The van der Waals surface area contributed by atoms with E-state index in [0.29, 0.717) is 23.4 Å². The summed E-state index contributed by atoms with van der Waals surface area (Å²) in [5, 5.41) is 15.1. The third-order valence-electron chi connectivity index (χ3n) is 4.77. The Morgan fingerprint density at radius 1 is 1.27 bits per heavy atom. The number of amides is 2. The number of aryl methyl sites for hydroxylation is 2. The molecule has 0 bridgehead atoms. The zero-order chi connectivity index (χ0) is 18.4. The number of nitrogens with one attached hydrogen (secondary N) is 1. The Morgan fingerprint density at radius 3 is 2.85 bits per heavy atom. The second-order valence-corrected chi connectivity index (χ2v) is 6.43. The van der Waals surface area contributed by atoms with Crippen LogP contribution in [0.1, 0.15) is 27.6 Å². The van der Waals surface area contributed by atoms with Crippen molar-refractivity contribution in [3.05, 3.63) is 47.3 Å². The molecule has 2 amide bonds. The number of hydrogen-bond acceptors (Lipinski definition) is 5. The fourth-order valence-electron chi connectivity index (χ4n) is 3.32. The molecule has 134 valence electrons. The molecule has 4 rings (SSSR count). The van der Waals surface area contributed by atoms with Gasteiger partial charge in [-0.2, -0.15) is 5.10 Å². The summed E-state index contributed by atoms with van der Waals surface area (Å²) >= 11 is 0. The highest BCUT2D eigenvalue weighted by atomic mass is 16.2. The van der Waals surface area contributed by atoms with Crippen molar-refractivity contribution in [1.82, 2.24) is 34.6 Å². The molecule has 4 heterocycles. The number of hydrogen-bond donors (Lipinski definition) is 1. The fourth-order valence-corrected chi connectivity index (χ4v) is 3.32. The number of carbonyl (C=O) groups excluding carboxylic acids is 2. The van der Waals surface area contributed by atoms with Crippen LogP contribution >= 0.6 is 0 Å². The molecule has 1 atom stereocenters. The predicted molar refractivity (Wildman–Crippen MR) is 92.4 cm³/mol. The minimum atomic E-state index is -0.630. The summed E-state index contributed by atoms with van der Waals surface area (Å²) in [4.78, 5) is 27.2. The van der Waals surface area contributed by atoms with E-state index in [4.69, 9.17) is 0 Å². The molecule has 9 heteroatoms. The molecule has 3 aromatic heterocycles. The van der Waals surface area contributed by atoms with Crippen molar-refractivity contribution in [2.45, 2.75) is 33.0 Å². The quantitative estimate of drug-likeness (QED) is 0.715. The highest BCUT2D eigenvalue weighted by molar-refractivity contribution is 6.02. The molecule has 0 aliphatic carbocycles. The molecule has 0 fully saturated rings. The maximum atomic E-state index is 13.3. The summed E-state index contributed by atoms with van der Waals surface area (Å²) < 4.78 is 3.54. The Kier molecular flexibility index (Phi) is 3.71. The lowest BCUT2D eigenvalue weighted by Gasteiger charge is -2.34. The topological polar surface area (TPSA) is 97.4 Å².